The molecule has 0 amide bonds. The Balaban J connectivity index is 2.11. The highest BCUT2D eigenvalue weighted by atomic mass is 16.5. The van der Waals surface area contributed by atoms with E-state index in [1.807, 2.05) is 42.5 Å². The van der Waals surface area contributed by atoms with Crippen molar-refractivity contribution in [3.63, 3.8) is 0 Å². The number of hydrogen-bond donors (Lipinski definition) is 1. The van der Waals surface area contributed by atoms with Crippen LogP contribution >= 0.6 is 0 Å². The van der Waals surface area contributed by atoms with Crippen LogP contribution in [0.5, 0.6) is 11.5 Å². The molecule has 102 valence electrons. The fraction of sp³-hybridized carbons (Fsp3) is 0.176. The number of rotatable bonds is 4. The van der Waals surface area contributed by atoms with E-state index < -0.39 is 0 Å². The second-order valence-electron chi connectivity index (χ2n) is 4.10. The van der Waals surface area contributed by atoms with Crippen molar-refractivity contribution in [3.05, 3.63) is 59.7 Å². The predicted octanol–water partition coefficient (Wildman–Crippen LogP) is 2.62. The second kappa shape index (κ2) is 7.22. The lowest BCUT2D eigenvalue weighted by atomic mass is 10.2. The van der Waals surface area contributed by atoms with Gasteiger partial charge in [0, 0.05) is 5.56 Å². The van der Waals surface area contributed by atoms with Gasteiger partial charge in [-0.3, -0.25) is 0 Å². The lowest BCUT2D eigenvalue weighted by Gasteiger charge is -2.11. The number of benzene rings is 2. The van der Waals surface area contributed by atoms with E-state index in [0.717, 1.165) is 11.1 Å². The summed E-state index contributed by atoms with van der Waals surface area (Å²) in [6, 6.07) is 15.4. The summed E-state index contributed by atoms with van der Waals surface area (Å²) in [5, 5.41) is 8.69. The summed E-state index contributed by atoms with van der Waals surface area (Å²) in [6.07, 6.45) is 0. The fourth-order valence-corrected chi connectivity index (χ4v) is 1.74. The summed E-state index contributed by atoms with van der Waals surface area (Å²) < 4.78 is 11.1. The molecule has 0 heterocycles. The van der Waals surface area contributed by atoms with Gasteiger partial charge < -0.3 is 14.6 Å². The van der Waals surface area contributed by atoms with Crippen molar-refractivity contribution in [2.45, 2.75) is 6.61 Å². The van der Waals surface area contributed by atoms with Crippen molar-refractivity contribution in [3.8, 4) is 23.3 Å². The van der Waals surface area contributed by atoms with Crippen LogP contribution in [0.4, 0.5) is 0 Å². The largest absolute Gasteiger partial charge is 0.493 e. The van der Waals surface area contributed by atoms with Gasteiger partial charge >= 0.3 is 0 Å². The molecule has 3 heteroatoms. The first-order valence-electron chi connectivity index (χ1n) is 6.28. The van der Waals surface area contributed by atoms with E-state index in [1.165, 1.54) is 0 Å². The van der Waals surface area contributed by atoms with Crippen LogP contribution in [0, 0.1) is 11.8 Å². The van der Waals surface area contributed by atoms with E-state index in [1.54, 1.807) is 13.2 Å². The maximum absolute atomic E-state index is 8.69. The molecule has 20 heavy (non-hydrogen) atoms. The Morgan fingerprint density at radius 2 is 1.85 bits per heavy atom. The average Bonchev–Trinajstić information content (AvgIpc) is 2.52. The number of ether oxygens (including phenoxy) is 2. The zero-order chi connectivity index (χ0) is 14.2. The summed E-state index contributed by atoms with van der Waals surface area (Å²) >= 11 is 0. The van der Waals surface area contributed by atoms with Crippen LogP contribution in [0.25, 0.3) is 0 Å². The number of aliphatic hydroxyl groups is 1. The maximum Gasteiger partial charge on any atom is 0.161 e. The van der Waals surface area contributed by atoms with E-state index in [9.17, 15) is 0 Å². The minimum Gasteiger partial charge on any atom is -0.493 e. The minimum absolute atomic E-state index is 0.158. The molecule has 0 fully saturated rings. The Morgan fingerprint density at radius 1 is 1.05 bits per heavy atom. The third kappa shape index (κ3) is 3.78. The highest BCUT2D eigenvalue weighted by Gasteiger charge is 2.05. The maximum atomic E-state index is 8.69. The standard InChI is InChI=1S/C17H16O3/c1-19-17-12-14(8-5-11-18)9-10-16(17)20-13-15-6-3-2-4-7-15/h2-4,6-7,9-10,12,18H,11,13H2,1H3. The molecule has 0 atom stereocenters. The number of aliphatic hydroxyl groups excluding tert-OH is 1. The van der Waals surface area contributed by atoms with Crippen LogP contribution < -0.4 is 9.47 Å². The van der Waals surface area contributed by atoms with Crippen LogP contribution in [-0.4, -0.2) is 18.8 Å². The molecular formula is C17H16O3. The van der Waals surface area contributed by atoms with E-state index in [2.05, 4.69) is 11.8 Å². The van der Waals surface area contributed by atoms with Crippen molar-refractivity contribution < 1.29 is 14.6 Å². The molecule has 3 nitrogen and oxygen atoms in total. The zero-order valence-electron chi connectivity index (χ0n) is 11.3. The predicted molar refractivity (Wildman–Crippen MR) is 77.7 cm³/mol. The van der Waals surface area contributed by atoms with Crippen molar-refractivity contribution in [2.24, 2.45) is 0 Å². The average molecular weight is 268 g/mol. The van der Waals surface area contributed by atoms with Crippen molar-refractivity contribution in [1.29, 1.82) is 0 Å². The topological polar surface area (TPSA) is 38.7 Å². The quantitative estimate of drug-likeness (QED) is 0.866. The Bertz CT molecular complexity index is 609. The smallest absolute Gasteiger partial charge is 0.161 e. The first kappa shape index (κ1) is 14.0. The van der Waals surface area contributed by atoms with Gasteiger partial charge in [0.2, 0.25) is 0 Å². The number of methoxy groups -OCH3 is 1. The Hall–Kier alpha value is -2.44. The second-order valence-corrected chi connectivity index (χ2v) is 4.10. The third-order valence-electron chi connectivity index (χ3n) is 2.71. The lowest BCUT2D eigenvalue weighted by molar-refractivity contribution is 0.284. The van der Waals surface area contributed by atoms with Gasteiger partial charge in [0.1, 0.15) is 13.2 Å². The van der Waals surface area contributed by atoms with Crippen molar-refractivity contribution >= 4 is 0 Å². The van der Waals surface area contributed by atoms with Gasteiger partial charge in [-0.05, 0) is 23.8 Å². The monoisotopic (exact) mass is 268 g/mol. The first-order chi connectivity index (χ1) is 9.83. The van der Waals surface area contributed by atoms with Gasteiger partial charge in [-0.2, -0.15) is 0 Å². The highest BCUT2D eigenvalue weighted by Crippen LogP contribution is 2.28. The van der Waals surface area contributed by atoms with Gasteiger partial charge in [-0.25, -0.2) is 0 Å². The summed E-state index contributed by atoms with van der Waals surface area (Å²) in [5.74, 6) is 6.74. The van der Waals surface area contributed by atoms with E-state index in [0.29, 0.717) is 18.1 Å². The first-order valence-corrected chi connectivity index (χ1v) is 6.28. The van der Waals surface area contributed by atoms with Gasteiger partial charge in [0.05, 0.1) is 7.11 Å². The Kier molecular flexibility index (Phi) is 5.05. The molecule has 0 saturated heterocycles. The number of hydrogen-bond acceptors (Lipinski definition) is 3. The summed E-state index contributed by atoms with van der Waals surface area (Å²) in [6.45, 7) is 0.327. The van der Waals surface area contributed by atoms with Crippen LogP contribution in [0.15, 0.2) is 48.5 Å². The van der Waals surface area contributed by atoms with E-state index in [-0.39, 0.29) is 6.61 Å². The molecular weight excluding hydrogens is 252 g/mol. The summed E-state index contributed by atoms with van der Waals surface area (Å²) in [7, 11) is 1.59. The SMILES string of the molecule is COc1cc(C#CCO)ccc1OCc1ccccc1. The van der Waals surface area contributed by atoms with Gasteiger partial charge in [-0.15, -0.1) is 0 Å². The molecule has 2 rings (SSSR count). The zero-order valence-corrected chi connectivity index (χ0v) is 11.3. The van der Waals surface area contributed by atoms with E-state index in [4.69, 9.17) is 14.6 Å². The van der Waals surface area contributed by atoms with Crippen LogP contribution in [0.1, 0.15) is 11.1 Å². The van der Waals surface area contributed by atoms with Crippen LogP contribution in [0.3, 0.4) is 0 Å². The molecule has 2 aromatic rings. The molecule has 0 saturated carbocycles. The van der Waals surface area contributed by atoms with Gasteiger partial charge in [0.25, 0.3) is 0 Å². The molecule has 2 aromatic carbocycles. The Morgan fingerprint density at radius 3 is 2.55 bits per heavy atom. The molecule has 1 N–H and O–H groups in total. The van der Waals surface area contributed by atoms with Crippen molar-refractivity contribution in [2.75, 3.05) is 13.7 Å². The normalized spacial score (nSPS) is 9.50. The highest BCUT2D eigenvalue weighted by molar-refractivity contribution is 5.48. The molecule has 0 aliphatic rings. The molecule has 0 spiro atoms. The minimum atomic E-state index is -0.158. The van der Waals surface area contributed by atoms with Gasteiger partial charge in [0.15, 0.2) is 11.5 Å². The Labute approximate surface area is 118 Å². The van der Waals surface area contributed by atoms with E-state index >= 15 is 0 Å². The molecule has 0 aliphatic heterocycles. The third-order valence-corrected chi connectivity index (χ3v) is 2.71. The van der Waals surface area contributed by atoms with Crippen molar-refractivity contribution in [1.82, 2.24) is 0 Å². The molecule has 0 aliphatic carbocycles. The van der Waals surface area contributed by atoms with Crippen LogP contribution in [-0.2, 0) is 6.61 Å². The molecule has 0 unspecified atom stereocenters. The van der Waals surface area contributed by atoms with Gasteiger partial charge in [-0.1, -0.05) is 42.2 Å². The molecule has 0 aromatic heterocycles. The summed E-state index contributed by atoms with van der Waals surface area (Å²) in [4.78, 5) is 0. The van der Waals surface area contributed by atoms with Crippen LogP contribution in [0.2, 0.25) is 0 Å². The molecule has 0 radical (unpaired) electrons. The lowest BCUT2D eigenvalue weighted by Crippen LogP contribution is -1.97. The fourth-order valence-electron chi connectivity index (χ4n) is 1.74. The molecule has 0 bridgehead atoms. The summed E-state index contributed by atoms with van der Waals surface area (Å²) in [5.41, 5.74) is 1.88.